The third-order valence-electron chi connectivity index (χ3n) is 2.42. The zero-order valence-corrected chi connectivity index (χ0v) is 10.4. The van der Waals surface area contributed by atoms with Gasteiger partial charge in [-0.15, -0.1) is 0 Å². The second-order valence-electron chi connectivity index (χ2n) is 4.60. The van der Waals surface area contributed by atoms with Crippen molar-refractivity contribution >= 4 is 12.0 Å². The maximum atomic E-state index is 13.7. The summed E-state index contributed by atoms with van der Waals surface area (Å²) in [6.07, 6.45) is 2.14. The number of alkyl halides is 2. The molecule has 2 nitrogen and oxygen atoms in total. The third-order valence-corrected chi connectivity index (χ3v) is 2.42. The molecule has 0 atom stereocenters. The quantitative estimate of drug-likeness (QED) is 0.808. The van der Waals surface area contributed by atoms with Gasteiger partial charge in [0.15, 0.2) is 0 Å². The van der Waals surface area contributed by atoms with Crippen LogP contribution in [0.15, 0.2) is 30.3 Å². The van der Waals surface area contributed by atoms with Crippen LogP contribution in [0, 0.1) is 5.92 Å². The second-order valence-corrected chi connectivity index (χ2v) is 4.60. The number of hydrogen-bond donors (Lipinski definition) is 1. The first-order valence-corrected chi connectivity index (χ1v) is 5.70. The highest BCUT2D eigenvalue weighted by Gasteiger charge is 2.31. The second kappa shape index (κ2) is 5.76. The largest absolute Gasteiger partial charge is 0.478 e. The van der Waals surface area contributed by atoms with E-state index < -0.39 is 11.9 Å². The van der Waals surface area contributed by atoms with Crippen LogP contribution in [0.5, 0.6) is 0 Å². The van der Waals surface area contributed by atoms with Crippen LogP contribution in [0.1, 0.15) is 31.4 Å². The Morgan fingerprint density at radius 3 is 2.33 bits per heavy atom. The van der Waals surface area contributed by atoms with Crippen molar-refractivity contribution in [3.05, 3.63) is 41.5 Å². The van der Waals surface area contributed by atoms with Crippen molar-refractivity contribution in [3.63, 3.8) is 0 Å². The summed E-state index contributed by atoms with van der Waals surface area (Å²) < 4.78 is 27.5. The molecule has 0 radical (unpaired) electrons. The first-order chi connectivity index (χ1) is 8.31. The Morgan fingerprint density at radius 1 is 1.33 bits per heavy atom. The molecule has 0 saturated carbocycles. The smallest absolute Gasteiger partial charge is 0.328 e. The minimum Gasteiger partial charge on any atom is -0.478 e. The lowest BCUT2D eigenvalue weighted by atomic mass is 9.97. The van der Waals surface area contributed by atoms with E-state index in [1.165, 1.54) is 30.3 Å². The number of benzene rings is 1. The summed E-state index contributed by atoms with van der Waals surface area (Å²) >= 11 is 0. The molecule has 0 spiro atoms. The standard InChI is InChI=1S/C14H16F2O2/c1-10(2)9-14(15,16)12-6-3-11(4-7-12)5-8-13(17)18/h3-8,10H,9H2,1-2H3,(H,17,18)/b8-5+. The van der Waals surface area contributed by atoms with Crippen LogP contribution < -0.4 is 0 Å². The molecule has 0 aliphatic rings. The van der Waals surface area contributed by atoms with E-state index in [1.807, 2.05) is 0 Å². The fourth-order valence-electron chi connectivity index (χ4n) is 1.64. The zero-order chi connectivity index (χ0) is 13.8. The van der Waals surface area contributed by atoms with Gasteiger partial charge in [-0.2, -0.15) is 0 Å². The number of halogens is 2. The molecular weight excluding hydrogens is 238 g/mol. The van der Waals surface area contributed by atoms with Gasteiger partial charge in [0.25, 0.3) is 5.92 Å². The molecule has 0 bridgehead atoms. The van der Waals surface area contributed by atoms with Gasteiger partial charge in [0.05, 0.1) is 0 Å². The van der Waals surface area contributed by atoms with Crippen molar-refractivity contribution in [2.45, 2.75) is 26.2 Å². The predicted molar refractivity (Wildman–Crippen MR) is 66.5 cm³/mol. The molecule has 1 aromatic carbocycles. The number of hydrogen-bond acceptors (Lipinski definition) is 1. The van der Waals surface area contributed by atoms with E-state index in [1.54, 1.807) is 13.8 Å². The zero-order valence-electron chi connectivity index (χ0n) is 10.4. The molecule has 0 aliphatic heterocycles. The van der Waals surface area contributed by atoms with Crippen molar-refractivity contribution in [3.8, 4) is 0 Å². The van der Waals surface area contributed by atoms with Crippen LogP contribution >= 0.6 is 0 Å². The van der Waals surface area contributed by atoms with Crippen molar-refractivity contribution in [2.75, 3.05) is 0 Å². The highest BCUT2D eigenvalue weighted by atomic mass is 19.3. The summed E-state index contributed by atoms with van der Waals surface area (Å²) in [5, 5.41) is 8.45. The van der Waals surface area contributed by atoms with Crippen LogP contribution in [-0.2, 0) is 10.7 Å². The van der Waals surface area contributed by atoms with E-state index in [0.29, 0.717) is 5.56 Å². The van der Waals surface area contributed by atoms with Gasteiger partial charge in [-0.1, -0.05) is 38.1 Å². The maximum Gasteiger partial charge on any atom is 0.328 e. The summed E-state index contributed by atoms with van der Waals surface area (Å²) in [5.41, 5.74) is 0.546. The predicted octanol–water partition coefficient (Wildman–Crippen LogP) is 3.92. The molecule has 0 amide bonds. The number of carboxylic acids is 1. The van der Waals surface area contributed by atoms with Gasteiger partial charge in [0.1, 0.15) is 0 Å². The lowest BCUT2D eigenvalue weighted by Crippen LogP contribution is -2.16. The molecular formula is C14H16F2O2. The summed E-state index contributed by atoms with van der Waals surface area (Å²) in [6, 6.07) is 5.65. The molecule has 1 aromatic rings. The van der Waals surface area contributed by atoms with E-state index in [-0.39, 0.29) is 17.9 Å². The molecule has 98 valence electrons. The fourth-order valence-corrected chi connectivity index (χ4v) is 1.64. The molecule has 0 aromatic heterocycles. The normalized spacial score (nSPS) is 12.3. The number of carboxylic acid groups (broad SMARTS) is 1. The molecule has 0 saturated heterocycles. The molecule has 0 heterocycles. The van der Waals surface area contributed by atoms with Crippen molar-refractivity contribution < 1.29 is 18.7 Å². The number of carbonyl (C=O) groups is 1. The molecule has 1 rings (SSSR count). The average Bonchev–Trinajstić information content (AvgIpc) is 2.25. The summed E-state index contributed by atoms with van der Waals surface area (Å²) in [6.45, 7) is 3.50. The van der Waals surface area contributed by atoms with E-state index in [0.717, 1.165) is 6.08 Å². The Labute approximate surface area is 105 Å². The lowest BCUT2D eigenvalue weighted by Gasteiger charge is -2.18. The van der Waals surface area contributed by atoms with Gasteiger partial charge in [0, 0.05) is 18.1 Å². The Kier molecular flexibility index (Phi) is 4.59. The Balaban J connectivity index is 2.85. The molecule has 18 heavy (non-hydrogen) atoms. The Hall–Kier alpha value is -1.71. The topological polar surface area (TPSA) is 37.3 Å². The van der Waals surface area contributed by atoms with Gasteiger partial charge in [-0.3, -0.25) is 0 Å². The summed E-state index contributed by atoms with van der Waals surface area (Å²) in [7, 11) is 0. The van der Waals surface area contributed by atoms with Crippen LogP contribution in [0.3, 0.4) is 0 Å². The van der Waals surface area contributed by atoms with E-state index in [9.17, 15) is 13.6 Å². The van der Waals surface area contributed by atoms with E-state index >= 15 is 0 Å². The maximum absolute atomic E-state index is 13.7. The fraction of sp³-hybridized carbons (Fsp3) is 0.357. The highest BCUT2D eigenvalue weighted by Crippen LogP contribution is 2.34. The van der Waals surface area contributed by atoms with E-state index in [2.05, 4.69) is 0 Å². The van der Waals surface area contributed by atoms with Gasteiger partial charge in [-0.05, 0) is 17.6 Å². The van der Waals surface area contributed by atoms with Gasteiger partial charge in [-0.25, -0.2) is 13.6 Å². The minimum absolute atomic E-state index is 0.0383. The average molecular weight is 254 g/mol. The Morgan fingerprint density at radius 2 is 1.89 bits per heavy atom. The molecule has 1 N–H and O–H groups in total. The number of aliphatic carboxylic acids is 1. The third kappa shape index (κ3) is 4.28. The Bertz CT molecular complexity index is 434. The van der Waals surface area contributed by atoms with Crippen LogP contribution in [0.25, 0.3) is 6.08 Å². The lowest BCUT2D eigenvalue weighted by molar-refractivity contribution is -0.131. The molecule has 0 aliphatic carbocycles. The summed E-state index contributed by atoms with van der Waals surface area (Å²) in [4.78, 5) is 10.3. The SMILES string of the molecule is CC(C)CC(F)(F)c1ccc(/C=C/C(=O)O)cc1. The minimum atomic E-state index is -2.84. The van der Waals surface area contributed by atoms with Crippen LogP contribution in [-0.4, -0.2) is 11.1 Å². The van der Waals surface area contributed by atoms with E-state index in [4.69, 9.17) is 5.11 Å². The first kappa shape index (κ1) is 14.4. The van der Waals surface area contributed by atoms with Crippen LogP contribution in [0.4, 0.5) is 8.78 Å². The van der Waals surface area contributed by atoms with Crippen molar-refractivity contribution in [1.29, 1.82) is 0 Å². The van der Waals surface area contributed by atoms with Gasteiger partial charge in [0.2, 0.25) is 0 Å². The summed E-state index contributed by atoms with van der Waals surface area (Å²) in [5.74, 6) is -4.00. The highest BCUT2D eigenvalue weighted by molar-refractivity contribution is 5.85. The van der Waals surface area contributed by atoms with Crippen LogP contribution in [0.2, 0.25) is 0 Å². The number of rotatable bonds is 5. The molecule has 4 heteroatoms. The van der Waals surface area contributed by atoms with Crippen molar-refractivity contribution in [1.82, 2.24) is 0 Å². The first-order valence-electron chi connectivity index (χ1n) is 5.70. The molecule has 0 unspecified atom stereocenters. The monoisotopic (exact) mass is 254 g/mol. The van der Waals surface area contributed by atoms with Gasteiger partial charge < -0.3 is 5.11 Å². The molecule has 0 fully saturated rings. The van der Waals surface area contributed by atoms with Gasteiger partial charge >= 0.3 is 5.97 Å². The van der Waals surface area contributed by atoms with Crippen molar-refractivity contribution in [2.24, 2.45) is 5.92 Å².